The van der Waals surface area contributed by atoms with Gasteiger partial charge in [-0.3, -0.25) is 4.79 Å². The first-order valence-electron chi connectivity index (χ1n) is 11.0. The van der Waals surface area contributed by atoms with E-state index in [-0.39, 0.29) is 31.4 Å². The van der Waals surface area contributed by atoms with Crippen molar-refractivity contribution >= 4 is 23.6 Å². The Balaban J connectivity index is 1.65. The monoisotopic (exact) mass is 470 g/mol. The molecule has 3 N–H and O–H groups in total. The summed E-state index contributed by atoms with van der Waals surface area (Å²) < 4.78 is 6.00. The van der Waals surface area contributed by atoms with Crippen molar-refractivity contribution in [2.75, 3.05) is 25.2 Å². The largest absolute Gasteiger partial charge is 0.478 e. The smallest absolute Gasteiger partial charge is 0.357 e. The van der Waals surface area contributed by atoms with Gasteiger partial charge in [-0.1, -0.05) is 36.3 Å². The summed E-state index contributed by atoms with van der Waals surface area (Å²) in [6, 6.07) is 12.4. The van der Waals surface area contributed by atoms with Crippen molar-refractivity contribution in [2.24, 2.45) is 0 Å². The zero-order chi connectivity index (χ0) is 23.5. The maximum absolute atomic E-state index is 12.8. The molecule has 0 spiro atoms. The number of carboxylic acids is 1. The molecule has 1 saturated heterocycles. The van der Waals surface area contributed by atoms with E-state index in [0.29, 0.717) is 18.7 Å². The Hall–Kier alpha value is -2.96. The molecule has 0 aliphatic carbocycles. The summed E-state index contributed by atoms with van der Waals surface area (Å²) in [5.41, 5.74) is 0.171. The van der Waals surface area contributed by atoms with E-state index in [9.17, 15) is 14.7 Å². The highest BCUT2D eigenvalue weighted by Crippen LogP contribution is 2.23. The molecule has 8 nitrogen and oxygen atoms in total. The van der Waals surface area contributed by atoms with Crippen LogP contribution < -0.4 is 5.32 Å². The summed E-state index contributed by atoms with van der Waals surface area (Å²) in [4.78, 5) is 33.7. The van der Waals surface area contributed by atoms with E-state index in [1.165, 1.54) is 0 Å². The van der Waals surface area contributed by atoms with Crippen LogP contribution in [0.25, 0.3) is 0 Å². The number of hydrogen-bond donors (Lipinski definition) is 3. The Labute approximate surface area is 198 Å². The summed E-state index contributed by atoms with van der Waals surface area (Å²) in [6.45, 7) is 0.763. The Bertz CT molecular complexity index is 958. The van der Waals surface area contributed by atoms with Crippen LogP contribution in [-0.4, -0.2) is 68.8 Å². The lowest BCUT2D eigenvalue weighted by Gasteiger charge is -2.32. The van der Waals surface area contributed by atoms with Gasteiger partial charge in [-0.05, 0) is 30.4 Å². The average molecular weight is 471 g/mol. The van der Waals surface area contributed by atoms with E-state index in [1.54, 1.807) is 29.2 Å². The molecule has 9 heteroatoms. The van der Waals surface area contributed by atoms with Crippen LogP contribution in [0.5, 0.6) is 0 Å². The molecule has 0 radical (unpaired) electrons. The van der Waals surface area contributed by atoms with E-state index >= 15 is 0 Å². The Kier molecular flexibility index (Phi) is 9.22. The quantitative estimate of drug-likeness (QED) is 0.263. The number of carboxylic acid groups (broad SMARTS) is 1. The molecular formula is C24H30N4O4S. The van der Waals surface area contributed by atoms with Gasteiger partial charge in [0.05, 0.1) is 25.4 Å². The van der Waals surface area contributed by atoms with E-state index in [1.807, 2.05) is 36.6 Å². The Morgan fingerprint density at radius 3 is 2.91 bits per heavy atom. The number of hydrogen-bond acceptors (Lipinski definition) is 6. The predicted octanol–water partition coefficient (Wildman–Crippen LogP) is 2.29. The molecule has 0 saturated carbocycles. The molecule has 1 aromatic carbocycles. The number of rotatable bonds is 11. The number of aromatic amines is 1. The number of imidazole rings is 1. The number of thioether (sulfide) groups is 1. The summed E-state index contributed by atoms with van der Waals surface area (Å²) in [5, 5.41) is 12.9. The van der Waals surface area contributed by atoms with Crippen molar-refractivity contribution in [2.45, 2.75) is 43.9 Å². The second-order valence-electron chi connectivity index (χ2n) is 7.91. The first-order valence-corrected chi connectivity index (χ1v) is 12.4. The van der Waals surface area contributed by atoms with Crippen LogP contribution in [0.4, 0.5) is 0 Å². The van der Waals surface area contributed by atoms with Crippen LogP contribution in [0.3, 0.4) is 0 Å². The molecule has 1 aromatic heterocycles. The van der Waals surface area contributed by atoms with Crippen molar-refractivity contribution in [3.63, 3.8) is 0 Å². The molecule has 1 aliphatic heterocycles. The summed E-state index contributed by atoms with van der Waals surface area (Å²) in [7, 11) is 0. The molecule has 2 heterocycles. The van der Waals surface area contributed by atoms with Gasteiger partial charge >= 0.3 is 5.97 Å². The van der Waals surface area contributed by atoms with Gasteiger partial charge in [0.25, 0.3) is 0 Å². The third-order valence-electron chi connectivity index (χ3n) is 5.61. The zero-order valence-corrected chi connectivity index (χ0v) is 19.6. The van der Waals surface area contributed by atoms with Gasteiger partial charge in [-0.15, -0.1) is 0 Å². The van der Waals surface area contributed by atoms with Crippen molar-refractivity contribution in [1.82, 2.24) is 20.2 Å². The molecule has 33 heavy (non-hydrogen) atoms. The van der Waals surface area contributed by atoms with Gasteiger partial charge in [0, 0.05) is 37.3 Å². The maximum Gasteiger partial charge on any atom is 0.357 e. The van der Waals surface area contributed by atoms with Crippen molar-refractivity contribution < 1.29 is 19.4 Å². The topological polar surface area (TPSA) is 108 Å². The summed E-state index contributed by atoms with van der Waals surface area (Å²) >= 11 is 1.54. The number of ether oxygens (including phenoxy) is 1. The predicted molar refractivity (Wildman–Crippen MR) is 127 cm³/mol. The third kappa shape index (κ3) is 7.01. The second-order valence-corrected chi connectivity index (χ2v) is 8.90. The van der Waals surface area contributed by atoms with Gasteiger partial charge in [0.1, 0.15) is 0 Å². The number of carbonyl (C=O) groups excluding carboxylic acids is 1. The number of carbonyl (C=O) groups is 2. The minimum Gasteiger partial charge on any atom is -0.478 e. The first-order chi connectivity index (χ1) is 16.0. The van der Waals surface area contributed by atoms with Crippen LogP contribution in [0, 0.1) is 12.0 Å². The highest BCUT2D eigenvalue weighted by atomic mass is 32.2. The minimum atomic E-state index is -1.63. The molecule has 0 bridgehead atoms. The van der Waals surface area contributed by atoms with Crippen molar-refractivity contribution in [1.29, 1.82) is 0 Å². The fourth-order valence-corrected chi connectivity index (χ4v) is 4.24. The molecule has 1 aliphatic rings. The van der Waals surface area contributed by atoms with E-state index < -0.39 is 11.7 Å². The van der Waals surface area contributed by atoms with Crippen molar-refractivity contribution in [3.05, 3.63) is 54.1 Å². The molecule has 2 aromatic rings. The average Bonchev–Trinajstić information content (AvgIpc) is 3.50. The van der Waals surface area contributed by atoms with Crippen LogP contribution >= 0.6 is 11.8 Å². The van der Waals surface area contributed by atoms with Crippen LogP contribution in [0.15, 0.2) is 42.9 Å². The lowest BCUT2D eigenvalue weighted by atomic mass is 10.1. The number of nitrogens with zero attached hydrogens (tertiary/aromatic N) is 2. The first kappa shape index (κ1) is 24.7. The molecular weight excluding hydrogens is 440 g/mol. The Morgan fingerprint density at radius 1 is 1.39 bits per heavy atom. The number of likely N-dealkylation sites (tertiary alicyclic amines) is 1. The zero-order valence-electron chi connectivity index (χ0n) is 18.8. The SMILES string of the molecule is CSCC[C@](NC#CCc1ccccc1)(OC[C@@H]1CCCN1C(=O)Cc1cnc[nH]1)C(=O)O. The minimum absolute atomic E-state index is 0.0222. The molecule has 1 fully saturated rings. The number of benzene rings is 1. The molecule has 0 unspecified atom stereocenters. The summed E-state index contributed by atoms with van der Waals surface area (Å²) in [5.74, 6) is 2.44. The van der Waals surface area contributed by atoms with Crippen molar-refractivity contribution in [3.8, 4) is 12.0 Å². The third-order valence-corrected chi connectivity index (χ3v) is 6.22. The molecule has 176 valence electrons. The fraction of sp³-hybridized carbons (Fsp3) is 0.458. The van der Waals surface area contributed by atoms with Crippen LogP contribution in [0.2, 0.25) is 0 Å². The lowest BCUT2D eigenvalue weighted by Crippen LogP contribution is -2.55. The van der Waals surface area contributed by atoms with E-state index in [4.69, 9.17) is 4.74 Å². The van der Waals surface area contributed by atoms with Crippen LogP contribution in [0.1, 0.15) is 30.5 Å². The number of H-pyrrole nitrogens is 1. The number of amides is 1. The maximum atomic E-state index is 12.8. The second kappa shape index (κ2) is 12.3. The lowest BCUT2D eigenvalue weighted by molar-refractivity contribution is -0.172. The number of nitrogens with one attached hydrogen (secondary N) is 2. The van der Waals surface area contributed by atoms with Gasteiger partial charge in [0.2, 0.25) is 11.6 Å². The van der Waals surface area contributed by atoms with Gasteiger partial charge in [-0.2, -0.15) is 11.8 Å². The van der Waals surface area contributed by atoms with Crippen LogP contribution in [-0.2, 0) is 27.2 Å². The van der Waals surface area contributed by atoms with Gasteiger partial charge in [-0.25, -0.2) is 9.78 Å². The summed E-state index contributed by atoms with van der Waals surface area (Å²) in [6.07, 6.45) is 7.71. The van der Waals surface area contributed by atoms with Gasteiger partial charge in [0.15, 0.2) is 0 Å². The number of aromatic nitrogens is 2. The fourth-order valence-electron chi connectivity index (χ4n) is 3.75. The van der Waals surface area contributed by atoms with E-state index in [0.717, 1.165) is 24.1 Å². The molecule has 1 amide bonds. The standard InChI is InChI=1S/C24H30N4O4S/c1-33-14-11-24(23(30)31,27-12-5-9-19-7-3-2-4-8-19)32-17-21-10-6-13-28(21)22(29)15-20-16-25-18-26-20/h2-4,7-8,16,18,21,27H,6,9-11,13-15,17H2,1H3,(H,25,26)(H,30,31)/t21-,24-/m0/s1. The van der Waals surface area contributed by atoms with E-state index in [2.05, 4.69) is 27.2 Å². The highest BCUT2D eigenvalue weighted by molar-refractivity contribution is 7.98. The molecule has 3 rings (SSSR count). The molecule has 2 atom stereocenters. The number of aliphatic carboxylic acids is 1. The normalized spacial score (nSPS) is 17.1. The van der Waals surface area contributed by atoms with Gasteiger partial charge < -0.3 is 25.0 Å². The highest BCUT2D eigenvalue weighted by Gasteiger charge is 2.41. The Morgan fingerprint density at radius 2 is 2.21 bits per heavy atom.